The number of carbonyl (C=O) groups is 3. The first-order valence-electron chi connectivity index (χ1n) is 7.93. The van der Waals surface area contributed by atoms with Crippen LogP contribution in [0, 0.1) is 11.8 Å². The molecule has 1 atom stereocenters. The summed E-state index contributed by atoms with van der Waals surface area (Å²) in [4.78, 5) is 36.0. The Balaban J connectivity index is 3.41. The SMILES string of the molecule is C=C/C=C\C(=C/C)C(/C(C=C)=C/CCC)C1C(=O)NC(=O)NC1=O. The molecule has 2 N–H and O–H groups in total. The van der Waals surface area contributed by atoms with Crippen molar-refractivity contribution in [2.45, 2.75) is 26.7 Å². The third-order valence-corrected chi connectivity index (χ3v) is 3.75. The highest BCUT2D eigenvalue weighted by Gasteiger charge is 2.41. The van der Waals surface area contributed by atoms with Gasteiger partial charge in [0.2, 0.25) is 11.8 Å². The smallest absolute Gasteiger partial charge is 0.277 e. The van der Waals surface area contributed by atoms with Gasteiger partial charge in [0.05, 0.1) is 0 Å². The number of carbonyl (C=O) groups excluding carboxylic acids is 3. The summed E-state index contributed by atoms with van der Waals surface area (Å²) in [5.74, 6) is -2.78. The highest BCUT2D eigenvalue weighted by molar-refractivity contribution is 6.16. The zero-order chi connectivity index (χ0) is 18.1. The zero-order valence-electron chi connectivity index (χ0n) is 14.2. The quantitative estimate of drug-likeness (QED) is 0.531. The van der Waals surface area contributed by atoms with Gasteiger partial charge in [-0.05, 0) is 24.5 Å². The summed E-state index contributed by atoms with van der Waals surface area (Å²) in [6.45, 7) is 11.3. The van der Waals surface area contributed by atoms with Crippen LogP contribution in [0.2, 0.25) is 0 Å². The highest BCUT2D eigenvalue weighted by Crippen LogP contribution is 2.32. The number of hydrogen-bond donors (Lipinski definition) is 2. The summed E-state index contributed by atoms with van der Waals surface area (Å²) in [6, 6.07) is -0.790. The standard InChI is InChI=1S/C19H24N2O3/c1-5-9-11-13(7-3)15(14(8-4)12-10-6-2)16-17(22)20-19(24)21-18(16)23/h5,7-9,11-12,15-16H,1,4,6,10H2,2-3H3,(H2,20,21,22,23,24)/b11-9-,13-7+,14-12+. The van der Waals surface area contributed by atoms with Gasteiger partial charge in [0.25, 0.3) is 0 Å². The molecule has 24 heavy (non-hydrogen) atoms. The molecule has 5 heteroatoms. The van der Waals surface area contributed by atoms with E-state index in [1.807, 2.05) is 26.0 Å². The summed E-state index contributed by atoms with van der Waals surface area (Å²) in [6.07, 6.45) is 12.4. The second-order valence-corrected chi connectivity index (χ2v) is 5.34. The van der Waals surface area contributed by atoms with Crippen molar-refractivity contribution in [3.05, 3.63) is 60.8 Å². The van der Waals surface area contributed by atoms with E-state index in [2.05, 4.69) is 23.8 Å². The predicted octanol–water partition coefficient (Wildman–Crippen LogP) is 3.19. The maximum atomic E-state index is 12.3. The Bertz CT molecular complexity index is 607. The van der Waals surface area contributed by atoms with Crippen LogP contribution in [0.1, 0.15) is 26.7 Å². The van der Waals surface area contributed by atoms with Gasteiger partial charge in [0.1, 0.15) is 5.92 Å². The number of hydrogen-bond acceptors (Lipinski definition) is 3. The lowest BCUT2D eigenvalue weighted by molar-refractivity contribution is -0.137. The number of urea groups is 1. The zero-order valence-corrected chi connectivity index (χ0v) is 14.2. The van der Waals surface area contributed by atoms with Crippen molar-refractivity contribution in [2.75, 3.05) is 0 Å². The minimum atomic E-state index is -1.04. The van der Waals surface area contributed by atoms with E-state index in [-0.39, 0.29) is 0 Å². The van der Waals surface area contributed by atoms with Crippen LogP contribution < -0.4 is 10.6 Å². The largest absolute Gasteiger partial charge is 0.328 e. The van der Waals surface area contributed by atoms with Crippen molar-refractivity contribution in [1.29, 1.82) is 0 Å². The molecule has 0 spiro atoms. The Kier molecular flexibility index (Phi) is 7.62. The summed E-state index contributed by atoms with van der Waals surface area (Å²) in [5.41, 5.74) is 1.56. The number of allylic oxidation sites excluding steroid dienone is 8. The molecule has 0 saturated carbocycles. The van der Waals surface area contributed by atoms with Crippen molar-refractivity contribution in [3.63, 3.8) is 0 Å². The maximum absolute atomic E-state index is 12.3. The Morgan fingerprint density at radius 2 is 1.79 bits per heavy atom. The van der Waals surface area contributed by atoms with Gasteiger partial charge in [0.15, 0.2) is 0 Å². The summed E-state index contributed by atoms with van der Waals surface area (Å²) in [7, 11) is 0. The number of amides is 4. The molecule has 0 aromatic rings. The number of unbranched alkanes of at least 4 members (excludes halogenated alkanes) is 1. The Labute approximate surface area is 142 Å². The molecule has 1 aliphatic heterocycles. The lowest BCUT2D eigenvalue weighted by atomic mass is 9.77. The number of imide groups is 2. The molecule has 0 aromatic heterocycles. The van der Waals surface area contributed by atoms with E-state index in [0.717, 1.165) is 24.0 Å². The first kappa shape index (κ1) is 19.4. The van der Waals surface area contributed by atoms with E-state index in [9.17, 15) is 14.4 Å². The van der Waals surface area contributed by atoms with Gasteiger partial charge in [-0.3, -0.25) is 20.2 Å². The first-order valence-corrected chi connectivity index (χ1v) is 7.93. The van der Waals surface area contributed by atoms with Crippen LogP contribution in [0.15, 0.2) is 60.8 Å². The van der Waals surface area contributed by atoms with E-state index in [4.69, 9.17) is 0 Å². The molecular weight excluding hydrogens is 304 g/mol. The minimum absolute atomic E-state index is 0.525. The molecule has 0 bridgehead atoms. The molecule has 128 valence electrons. The second kappa shape index (κ2) is 9.45. The molecule has 0 aromatic carbocycles. The number of nitrogens with one attached hydrogen (secondary N) is 2. The van der Waals surface area contributed by atoms with Gasteiger partial charge >= 0.3 is 6.03 Å². The molecule has 4 amide bonds. The van der Waals surface area contributed by atoms with Gasteiger partial charge in [-0.25, -0.2) is 4.79 Å². The van der Waals surface area contributed by atoms with E-state index >= 15 is 0 Å². The second-order valence-electron chi connectivity index (χ2n) is 5.34. The van der Waals surface area contributed by atoms with Gasteiger partial charge in [-0.1, -0.05) is 63.0 Å². The van der Waals surface area contributed by atoms with Crippen molar-refractivity contribution in [1.82, 2.24) is 10.6 Å². The molecule has 0 radical (unpaired) electrons. The van der Waals surface area contributed by atoms with Crippen LogP contribution in [0.3, 0.4) is 0 Å². The fourth-order valence-corrected chi connectivity index (χ4v) is 2.62. The van der Waals surface area contributed by atoms with Crippen LogP contribution in [0.5, 0.6) is 0 Å². The molecule has 5 nitrogen and oxygen atoms in total. The van der Waals surface area contributed by atoms with Crippen LogP contribution in [0.4, 0.5) is 4.79 Å². The Morgan fingerprint density at radius 3 is 2.25 bits per heavy atom. The van der Waals surface area contributed by atoms with E-state index in [1.54, 1.807) is 24.3 Å². The normalized spacial score (nSPS) is 18.3. The molecule has 1 rings (SSSR count). The van der Waals surface area contributed by atoms with Crippen LogP contribution in [-0.2, 0) is 9.59 Å². The van der Waals surface area contributed by atoms with Gasteiger partial charge in [-0.15, -0.1) is 0 Å². The van der Waals surface area contributed by atoms with Gasteiger partial charge < -0.3 is 0 Å². The third-order valence-electron chi connectivity index (χ3n) is 3.75. The fourth-order valence-electron chi connectivity index (χ4n) is 2.62. The average molecular weight is 328 g/mol. The van der Waals surface area contributed by atoms with Crippen LogP contribution in [0.25, 0.3) is 0 Å². The van der Waals surface area contributed by atoms with Crippen molar-refractivity contribution >= 4 is 17.8 Å². The van der Waals surface area contributed by atoms with Crippen molar-refractivity contribution < 1.29 is 14.4 Å². The predicted molar refractivity (Wildman–Crippen MR) is 94.9 cm³/mol. The monoisotopic (exact) mass is 328 g/mol. The average Bonchev–Trinajstić information content (AvgIpc) is 2.54. The van der Waals surface area contributed by atoms with Crippen LogP contribution in [-0.4, -0.2) is 17.8 Å². The topological polar surface area (TPSA) is 75.3 Å². The summed E-state index contributed by atoms with van der Waals surface area (Å²) < 4.78 is 0. The molecule has 1 heterocycles. The van der Waals surface area contributed by atoms with E-state index in [0.29, 0.717) is 0 Å². The molecule has 1 saturated heterocycles. The molecular formula is C19H24N2O3. The Hall–Kier alpha value is -2.69. The highest BCUT2D eigenvalue weighted by atomic mass is 16.2. The van der Waals surface area contributed by atoms with E-state index < -0.39 is 29.7 Å². The maximum Gasteiger partial charge on any atom is 0.328 e. The van der Waals surface area contributed by atoms with Crippen molar-refractivity contribution in [2.24, 2.45) is 11.8 Å². The number of rotatable bonds is 8. The summed E-state index contributed by atoms with van der Waals surface area (Å²) in [5, 5.41) is 4.34. The van der Waals surface area contributed by atoms with Gasteiger partial charge in [0, 0.05) is 5.92 Å². The fraction of sp³-hybridized carbons (Fsp3) is 0.316. The molecule has 1 aliphatic rings. The summed E-state index contributed by atoms with van der Waals surface area (Å²) >= 11 is 0. The minimum Gasteiger partial charge on any atom is -0.277 e. The number of barbiturate groups is 1. The lowest BCUT2D eigenvalue weighted by Crippen LogP contribution is -2.58. The first-order chi connectivity index (χ1) is 11.5. The molecule has 1 fully saturated rings. The lowest BCUT2D eigenvalue weighted by Gasteiger charge is -2.30. The molecule has 0 aliphatic carbocycles. The Morgan fingerprint density at radius 1 is 1.17 bits per heavy atom. The van der Waals surface area contributed by atoms with Crippen LogP contribution >= 0.6 is 0 Å². The third kappa shape index (κ3) is 4.65. The van der Waals surface area contributed by atoms with Crippen molar-refractivity contribution in [3.8, 4) is 0 Å². The van der Waals surface area contributed by atoms with Gasteiger partial charge in [-0.2, -0.15) is 0 Å². The molecule has 1 unspecified atom stereocenters. The van der Waals surface area contributed by atoms with E-state index in [1.165, 1.54) is 0 Å².